The first kappa shape index (κ1) is 20.8. The van der Waals surface area contributed by atoms with E-state index in [1.54, 1.807) is 15.7 Å². The second kappa shape index (κ2) is 8.21. The number of ether oxygens (including phenoxy) is 1. The van der Waals surface area contributed by atoms with Crippen LogP contribution in [0, 0.1) is 5.41 Å². The van der Waals surface area contributed by atoms with Gasteiger partial charge >= 0.3 is 5.69 Å². The van der Waals surface area contributed by atoms with Crippen molar-refractivity contribution in [3.63, 3.8) is 0 Å². The first-order valence-corrected chi connectivity index (χ1v) is 10.1. The Morgan fingerprint density at radius 3 is 2.79 bits per heavy atom. The number of nitrogens with one attached hydrogen (secondary N) is 1. The topological polar surface area (TPSA) is 100 Å². The summed E-state index contributed by atoms with van der Waals surface area (Å²) in [6.07, 6.45) is 6.04. The van der Waals surface area contributed by atoms with Crippen molar-refractivity contribution in [3.05, 3.63) is 27.5 Å². The fraction of sp³-hybridized carbons (Fsp3) is 0.750. The van der Waals surface area contributed by atoms with E-state index in [1.165, 1.54) is 19.3 Å². The second-order valence-corrected chi connectivity index (χ2v) is 8.88. The molecule has 8 heteroatoms. The van der Waals surface area contributed by atoms with Crippen LogP contribution in [0.5, 0.6) is 0 Å². The summed E-state index contributed by atoms with van der Waals surface area (Å²) in [6.45, 7) is 11.0. The SMILES string of the molecule is CC1=C(CCN2CCC3(C2)Cn2c(n[nH]c2=O)CO3)C(C)(C)CCC1.O=CO. The third-order valence-corrected chi connectivity index (χ3v) is 6.55. The largest absolute Gasteiger partial charge is 0.483 e. The van der Waals surface area contributed by atoms with Crippen molar-refractivity contribution < 1.29 is 14.6 Å². The number of likely N-dealkylation sites (tertiary alicyclic amines) is 1. The summed E-state index contributed by atoms with van der Waals surface area (Å²) in [5, 5.41) is 13.5. The van der Waals surface area contributed by atoms with E-state index in [0.717, 1.165) is 38.3 Å². The van der Waals surface area contributed by atoms with Crippen LogP contribution in [-0.4, -0.2) is 56.5 Å². The van der Waals surface area contributed by atoms with Gasteiger partial charge in [-0.05, 0) is 44.4 Å². The van der Waals surface area contributed by atoms with Gasteiger partial charge in [-0.1, -0.05) is 25.0 Å². The third kappa shape index (κ3) is 4.22. The summed E-state index contributed by atoms with van der Waals surface area (Å²) in [5.41, 5.74) is 3.29. The Hall–Kier alpha value is -1.93. The van der Waals surface area contributed by atoms with E-state index in [9.17, 15) is 4.79 Å². The standard InChI is InChI=1S/C19H30N4O2.CH2O2/c1-14-5-4-7-18(2,3)15(14)6-9-22-10-8-19(12-22)13-23-16(11-25-19)20-21-17(23)24;2-1-3/h4-13H2,1-3H3,(H,21,24);1H,(H,2,3). The van der Waals surface area contributed by atoms with Crippen LogP contribution in [0.3, 0.4) is 0 Å². The minimum absolute atomic E-state index is 0.110. The molecule has 3 heterocycles. The van der Waals surface area contributed by atoms with E-state index < -0.39 is 0 Å². The Morgan fingerprint density at radius 1 is 1.32 bits per heavy atom. The first-order valence-electron chi connectivity index (χ1n) is 10.1. The Balaban J connectivity index is 0.000000706. The van der Waals surface area contributed by atoms with Crippen LogP contribution in [0.15, 0.2) is 15.9 Å². The van der Waals surface area contributed by atoms with Crippen molar-refractivity contribution >= 4 is 6.47 Å². The van der Waals surface area contributed by atoms with Gasteiger partial charge in [0, 0.05) is 19.6 Å². The number of aromatic amines is 1. The highest BCUT2D eigenvalue weighted by Gasteiger charge is 2.43. The highest BCUT2D eigenvalue weighted by molar-refractivity contribution is 5.32. The van der Waals surface area contributed by atoms with Crippen molar-refractivity contribution in [2.45, 2.75) is 71.6 Å². The van der Waals surface area contributed by atoms with E-state index in [1.807, 2.05) is 0 Å². The number of hydrogen-bond acceptors (Lipinski definition) is 5. The number of carbonyl (C=O) groups is 1. The fourth-order valence-corrected chi connectivity index (χ4v) is 5.04. The van der Waals surface area contributed by atoms with Crippen LogP contribution in [0.25, 0.3) is 0 Å². The lowest BCUT2D eigenvalue weighted by molar-refractivity contribution is -0.122. The van der Waals surface area contributed by atoms with Crippen molar-refractivity contribution in [2.24, 2.45) is 5.41 Å². The van der Waals surface area contributed by atoms with Crippen molar-refractivity contribution in [3.8, 4) is 0 Å². The molecule has 1 spiro atoms. The van der Waals surface area contributed by atoms with Gasteiger partial charge in [0.25, 0.3) is 6.47 Å². The number of hydrogen-bond donors (Lipinski definition) is 2. The van der Waals surface area contributed by atoms with Crippen LogP contribution in [-0.2, 0) is 22.7 Å². The fourth-order valence-electron chi connectivity index (χ4n) is 5.04. The molecule has 2 aliphatic heterocycles. The molecule has 3 aliphatic rings. The molecular formula is C20H32N4O4. The normalized spacial score (nSPS) is 26.7. The van der Waals surface area contributed by atoms with Crippen LogP contribution >= 0.6 is 0 Å². The lowest BCUT2D eigenvalue weighted by Crippen LogP contribution is -2.46. The maximum absolute atomic E-state index is 11.9. The molecule has 0 amide bonds. The smallest absolute Gasteiger partial charge is 0.343 e. The van der Waals surface area contributed by atoms with Gasteiger partial charge in [-0.3, -0.25) is 14.3 Å². The second-order valence-electron chi connectivity index (χ2n) is 8.88. The predicted molar refractivity (Wildman–Crippen MR) is 105 cm³/mol. The zero-order chi connectivity index (χ0) is 20.4. The molecule has 1 aliphatic carbocycles. The zero-order valence-electron chi connectivity index (χ0n) is 17.2. The van der Waals surface area contributed by atoms with Gasteiger partial charge in [0.15, 0.2) is 5.82 Å². The molecule has 1 saturated heterocycles. The number of aromatic nitrogens is 3. The molecule has 0 saturated carbocycles. The first-order chi connectivity index (χ1) is 13.3. The van der Waals surface area contributed by atoms with Gasteiger partial charge in [-0.2, -0.15) is 5.10 Å². The van der Waals surface area contributed by atoms with Gasteiger partial charge in [-0.15, -0.1) is 0 Å². The van der Waals surface area contributed by atoms with E-state index in [4.69, 9.17) is 14.6 Å². The minimum Gasteiger partial charge on any atom is -0.483 e. The molecule has 0 bridgehead atoms. The van der Waals surface area contributed by atoms with E-state index >= 15 is 0 Å². The molecular weight excluding hydrogens is 360 g/mol. The molecule has 2 N–H and O–H groups in total. The number of allylic oxidation sites excluding steroid dienone is 1. The van der Waals surface area contributed by atoms with E-state index in [0.29, 0.717) is 18.6 Å². The Bertz CT molecular complexity index is 794. The van der Waals surface area contributed by atoms with Crippen LogP contribution < -0.4 is 5.69 Å². The predicted octanol–water partition coefficient (Wildman–Crippen LogP) is 2.16. The van der Waals surface area contributed by atoms with Crippen LogP contribution in [0.4, 0.5) is 0 Å². The molecule has 0 aromatic carbocycles. The molecule has 0 radical (unpaired) electrons. The quantitative estimate of drug-likeness (QED) is 0.604. The molecule has 28 heavy (non-hydrogen) atoms. The molecule has 1 unspecified atom stereocenters. The van der Waals surface area contributed by atoms with E-state index in [2.05, 4.69) is 35.9 Å². The molecule has 1 aromatic heterocycles. The van der Waals surface area contributed by atoms with Crippen molar-refractivity contribution in [1.82, 2.24) is 19.7 Å². The molecule has 4 rings (SSSR count). The highest BCUT2D eigenvalue weighted by atomic mass is 16.5. The van der Waals surface area contributed by atoms with Gasteiger partial charge < -0.3 is 9.84 Å². The van der Waals surface area contributed by atoms with Crippen LogP contribution in [0.2, 0.25) is 0 Å². The Kier molecular flexibility index (Phi) is 6.09. The summed E-state index contributed by atoms with van der Waals surface area (Å²) in [4.78, 5) is 22.8. The molecule has 1 fully saturated rings. The van der Waals surface area contributed by atoms with Gasteiger partial charge in [0.05, 0.1) is 6.54 Å². The van der Waals surface area contributed by atoms with Crippen molar-refractivity contribution in [1.29, 1.82) is 0 Å². The average molecular weight is 393 g/mol. The average Bonchev–Trinajstić information content (AvgIpc) is 3.19. The number of carboxylic acid groups (broad SMARTS) is 1. The third-order valence-electron chi connectivity index (χ3n) is 6.55. The summed E-state index contributed by atoms with van der Waals surface area (Å²) in [6, 6.07) is 0. The lowest BCUT2D eigenvalue weighted by Gasteiger charge is -2.36. The van der Waals surface area contributed by atoms with E-state index in [-0.39, 0.29) is 17.8 Å². The minimum atomic E-state index is -0.250. The summed E-state index contributed by atoms with van der Waals surface area (Å²) in [5.74, 6) is 0.721. The van der Waals surface area contributed by atoms with Crippen LogP contribution in [0.1, 0.15) is 58.7 Å². The Labute approximate surface area is 165 Å². The maximum atomic E-state index is 11.9. The summed E-state index contributed by atoms with van der Waals surface area (Å²) >= 11 is 0. The monoisotopic (exact) mass is 392 g/mol. The lowest BCUT2D eigenvalue weighted by atomic mass is 9.71. The summed E-state index contributed by atoms with van der Waals surface area (Å²) in [7, 11) is 0. The molecule has 8 nitrogen and oxygen atoms in total. The number of nitrogens with zero attached hydrogens (tertiary/aromatic N) is 3. The maximum Gasteiger partial charge on any atom is 0.343 e. The van der Waals surface area contributed by atoms with Gasteiger partial charge in [-0.25, -0.2) is 9.89 Å². The molecule has 1 aromatic rings. The zero-order valence-corrected chi connectivity index (χ0v) is 17.2. The Morgan fingerprint density at radius 2 is 2.07 bits per heavy atom. The number of fused-ring (bicyclic) bond motifs is 1. The number of H-pyrrole nitrogens is 1. The highest BCUT2D eigenvalue weighted by Crippen LogP contribution is 2.42. The van der Waals surface area contributed by atoms with Gasteiger partial charge in [0.1, 0.15) is 12.2 Å². The molecule has 156 valence electrons. The number of rotatable bonds is 3. The molecule has 1 atom stereocenters. The van der Waals surface area contributed by atoms with Crippen molar-refractivity contribution in [2.75, 3.05) is 19.6 Å². The van der Waals surface area contributed by atoms with Gasteiger partial charge in [0.2, 0.25) is 0 Å². The summed E-state index contributed by atoms with van der Waals surface area (Å²) < 4.78 is 7.91.